The lowest BCUT2D eigenvalue weighted by Crippen LogP contribution is -1.96. The Morgan fingerprint density at radius 3 is 1.34 bits per heavy atom. The monoisotopic (exact) mass is 792 g/mol. The minimum Gasteiger partial charge on any atom is -0.228 e. The van der Waals surface area contributed by atoms with Gasteiger partial charge in [0.25, 0.3) is 0 Å². The molecule has 0 N–H and O–H groups in total. The molecule has 61 heavy (non-hydrogen) atoms. The van der Waals surface area contributed by atoms with Crippen LogP contribution >= 0.6 is 11.3 Å². The van der Waals surface area contributed by atoms with E-state index >= 15 is 0 Å². The van der Waals surface area contributed by atoms with Crippen LogP contribution < -0.4 is 0 Å². The minimum atomic E-state index is 0.701. The number of nitrogens with zero attached hydrogens (tertiary/aromatic N) is 2. The second kappa shape index (κ2) is 14.5. The summed E-state index contributed by atoms with van der Waals surface area (Å²) < 4.78 is 2.66. The van der Waals surface area contributed by atoms with Crippen molar-refractivity contribution in [1.82, 2.24) is 9.97 Å². The van der Waals surface area contributed by atoms with E-state index in [1.54, 1.807) is 0 Å². The van der Waals surface area contributed by atoms with Crippen LogP contribution in [-0.2, 0) is 0 Å². The maximum absolute atomic E-state index is 5.18. The number of hydrogen-bond acceptors (Lipinski definition) is 3. The number of aromatic nitrogens is 2. The van der Waals surface area contributed by atoms with Crippen molar-refractivity contribution in [2.24, 2.45) is 0 Å². The van der Waals surface area contributed by atoms with Gasteiger partial charge in [-0.1, -0.05) is 200 Å². The van der Waals surface area contributed by atoms with E-state index in [2.05, 4.69) is 212 Å². The highest BCUT2D eigenvalue weighted by molar-refractivity contribution is 7.26. The largest absolute Gasteiger partial charge is 0.228 e. The molecule has 0 saturated carbocycles. The van der Waals surface area contributed by atoms with Gasteiger partial charge >= 0.3 is 0 Å². The van der Waals surface area contributed by atoms with Gasteiger partial charge < -0.3 is 0 Å². The van der Waals surface area contributed by atoms with E-state index in [0.29, 0.717) is 5.82 Å². The van der Waals surface area contributed by atoms with Gasteiger partial charge in [-0.3, -0.25) is 0 Å². The molecule has 0 atom stereocenters. The molecule has 2 aromatic heterocycles. The van der Waals surface area contributed by atoms with Crippen LogP contribution in [0.4, 0.5) is 0 Å². The van der Waals surface area contributed by atoms with E-state index in [9.17, 15) is 0 Å². The molecular formula is C58H36N2S. The molecule has 0 aliphatic rings. The fourth-order valence-electron chi connectivity index (χ4n) is 9.03. The number of fused-ring (bicyclic) bond motifs is 9. The Kier molecular flexibility index (Phi) is 8.39. The fraction of sp³-hybridized carbons (Fsp3) is 0. The average Bonchev–Trinajstić information content (AvgIpc) is 3.73. The van der Waals surface area contributed by atoms with Gasteiger partial charge in [-0.15, -0.1) is 11.3 Å². The number of rotatable bonds is 6. The van der Waals surface area contributed by atoms with E-state index in [1.807, 2.05) is 17.4 Å². The molecule has 3 heteroatoms. The first kappa shape index (κ1) is 35.2. The molecule has 0 fully saturated rings. The first-order valence-corrected chi connectivity index (χ1v) is 21.5. The van der Waals surface area contributed by atoms with Gasteiger partial charge in [0.05, 0.1) is 11.4 Å². The van der Waals surface area contributed by atoms with Gasteiger partial charge in [0, 0.05) is 36.9 Å². The third-order valence-corrected chi connectivity index (χ3v) is 13.4. The molecule has 0 aliphatic carbocycles. The van der Waals surface area contributed by atoms with Gasteiger partial charge in [0.1, 0.15) is 0 Å². The molecule has 2 nitrogen and oxygen atoms in total. The van der Waals surface area contributed by atoms with Crippen molar-refractivity contribution < 1.29 is 0 Å². The molecule has 0 unspecified atom stereocenters. The lowest BCUT2D eigenvalue weighted by molar-refractivity contribution is 1.18. The quantitative estimate of drug-likeness (QED) is 0.157. The van der Waals surface area contributed by atoms with E-state index in [1.165, 1.54) is 80.3 Å². The van der Waals surface area contributed by atoms with Gasteiger partial charge in [0.15, 0.2) is 5.82 Å². The summed E-state index contributed by atoms with van der Waals surface area (Å²) in [6, 6.07) is 78.6. The molecule has 12 aromatic rings. The second-order valence-electron chi connectivity index (χ2n) is 15.7. The molecule has 2 heterocycles. The molecular weight excluding hydrogens is 757 g/mol. The van der Waals surface area contributed by atoms with E-state index in [0.717, 1.165) is 33.6 Å². The van der Waals surface area contributed by atoms with Crippen LogP contribution in [-0.4, -0.2) is 9.97 Å². The van der Waals surface area contributed by atoms with Crippen molar-refractivity contribution in [3.63, 3.8) is 0 Å². The summed E-state index contributed by atoms with van der Waals surface area (Å²) >= 11 is 1.87. The topological polar surface area (TPSA) is 25.8 Å². The standard InChI is InChI=1S/C58H36N2S/c1-2-11-41(12-3-1)54-36-55(42-29-23-38(24-30-42)37-21-27-40(28-22-37)45-18-10-19-52-51-17-8-9-20-56(51)61-57(45)52)60-58(59-54)43-31-25-39(26-32-43)44-33-34-50-48-15-5-4-13-46(48)47-14-6-7-16-49(47)53(50)35-44/h1-36H. The Morgan fingerprint density at radius 2 is 0.705 bits per heavy atom. The molecule has 0 radical (unpaired) electrons. The van der Waals surface area contributed by atoms with E-state index in [-0.39, 0.29) is 0 Å². The molecule has 284 valence electrons. The first-order chi connectivity index (χ1) is 30.2. The van der Waals surface area contributed by atoms with Gasteiger partial charge in [-0.2, -0.15) is 0 Å². The molecule has 12 rings (SSSR count). The molecule has 10 aromatic carbocycles. The van der Waals surface area contributed by atoms with Crippen molar-refractivity contribution >= 4 is 63.8 Å². The maximum Gasteiger partial charge on any atom is 0.160 e. The van der Waals surface area contributed by atoms with Gasteiger partial charge in [0.2, 0.25) is 0 Å². The first-order valence-electron chi connectivity index (χ1n) is 20.7. The Balaban J connectivity index is 0.868. The highest BCUT2D eigenvalue weighted by Gasteiger charge is 2.14. The summed E-state index contributed by atoms with van der Waals surface area (Å²) in [5.74, 6) is 0.701. The number of hydrogen-bond donors (Lipinski definition) is 0. The average molecular weight is 793 g/mol. The molecule has 0 saturated heterocycles. The van der Waals surface area contributed by atoms with Crippen LogP contribution in [0.1, 0.15) is 0 Å². The van der Waals surface area contributed by atoms with Crippen molar-refractivity contribution in [2.75, 3.05) is 0 Å². The summed E-state index contributed by atoms with van der Waals surface area (Å²) in [5.41, 5.74) is 12.1. The Hall–Kier alpha value is -7.72. The summed E-state index contributed by atoms with van der Waals surface area (Å²) in [4.78, 5) is 10.3. The Bertz CT molecular complexity index is 3570. The third-order valence-electron chi connectivity index (χ3n) is 12.1. The van der Waals surface area contributed by atoms with Crippen LogP contribution in [0.5, 0.6) is 0 Å². The predicted octanol–water partition coefficient (Wildman–Crippen LogP) is 16.3. The lowest BCUT2D eigenvalue weighted by Gasteiger charge is -2.13. The van der Waals surface area contributed by atoms with Crippen molar-refractivity contribution in [1.29, 1.82) is 0 Å². The lowest BCUT2D eigenvalue weighted by atomic mass is 9.92. The Morgan fingerprint density at radius 1 is 0.262 bits per heavy atom. The SMILES string of the molecule is c1ccc(-c2cc(-c3ccc(-c4ccc(-c5cccc6c5sc5ccccc56)cc4)cc3)nc(-c3ccc(-c4ccc5c6ccccc6c6ccccc6c5c4)cc3)n2)cc1. The second-order valence-corrected chi connectivity index (χ2v) is 16.7. The van der Waals surface area contributed by atoms with Crippen molar-refractivity contribution in [3.8, 4) is 67.3 Å². The zero-order chi connectivity index (χ0) is 40.3. The zero-order valence-corrected chi connectivity index (χ0v) is 33.9. The van der Waals surface area contributed by atoms with E-state index in [4.69, 9.17) is 9.97 Å². The fourth-order valence-corrected chi connectivity index (χ4v) is 10.3. The summed E-state index contributed by atoms with van der Waals surface area (Å²) in [6.45, 7) is 0. The molecule has 0 spiro atoms. The minimum absolute atomic E-state index is 0.701. The highest BCUT2D eigenvalue weighted by atomic mass is 32.1. The summed E-state index contributed by atoms with van der Waals surface area (Å²) in [6.07, 6.45) is 0. The third kappa shape index (κ3) is 6.18. The molecule has 0 amide bonds. The van der Waals surface area contributed by atoms with Crippen LogP contribution in [0.25, 0.3) is 120 Å². The Labute approximate surface area is 357 Å². The smallest absolute Gasteiger partial charge is 0.160 e. The van der Waals surface area contributed by atoms with Gasteiger partial charge in [-0.05, 0) is 83.9 Å². The number of thiophene rings is 1. The van der Waals surface area contributed by atoms with Crippen LogP contribution in [0.2, 0.25) is 0 Å². The summed E-state index contributed by atoms with van der Waals surface area (Å²) in [5, 5.41) is 10.3. The van der Waals surface area contributed by atoms with Crippen LogP contribution in [0.3, 0.4) is 0 Å². The molecule has 0 bridgehead atoms. The number of benzene rings is 10. The zero-order valence-electron chi connectivity index (χ0n) is 33.1. The highest BCUT2D eigenvalue weighted by Crippen LogP contribution is 2.41. The van der Waals surface area contributed by atoms with Crippen LogP contribution in [0.15, 0.2) is 218 Å². The summed E-state index contributed by atoms with van der Waals surface area (Å²) in [7, 11) is 0. The van der Waals surface area contributed by atoms with Crippen LogP contribution in [0, 0.1) is 0 Å². The normalized spacial score (nSPS) is 11.6. The molecule has 0 aliphatic heterocycles. The van der Waals surface area contributed by atoms with Crippen molar-refractivity contribution in [2.45, 2.75) is 0 Å². The predicted molar refractivity (Wildman–Crippen MR) is 260 cm³/mol. The van der Waals surface area contributed by atoms with E-state index < -0.39 is 0 Å². The van der Waals surface area contributed by atoms with Gasteiger partial charge in [-0.25, -0.2) is 9.97 Å². The van der Waals surface area contributed by atoms with Crippen molar-refractivity contribution in [3.05, 3.63) is 218 Å². The maximum atomic E-state index is 5.18.